The maximum absolute atomic E-state index is 4.82. The summed E-state index contributed by atoms with van der Waals surface area (Å²) in [5.74, 6) is 0. The van der Waals surface area contributed by atoms with Crippen molar-refractivity contribution in [3.63, 3.8) is 0 Å². The number of rotatable bonds is 6. The molecule has 0 fully saturated rings. The van der Waals surface area contributed by atoms with Crippen molar-refractivity contribution in [2.75, 3.05) is 0 Å². The van der Waals surface area contributed by atoms with E-state index in [1.807, 2.05) is 18.6 Å². The number of aromatic nitrogens is 3. The summed E-state index contributed by atoms with van der Waals surface area (Å²) in [4.78, 5) is 14.5. The first kappa shape index (κ1) is 40.6. The van der Waals surface area contributed by atoms with Gasteiger partial charge in [-0.25, -0.2) is 0 Å². The van der Waals surface area contributed by atoms with Gasteiger partial charge in [-0.1, -0.05) is 146 Å². The molecule has 0 aliphatic heterocycles. The lowest BCUT2D eigenvalue weighted by Gasteiger charge is -2.22. The Hall–Kier alpha value is -7.95. The van der Waals surface area contributed by atoms with Gasteiger partial charge in [0.05, 0.1) is 17.1 Å². The predicted octanol–water partition coefficient (Wildman–Crippen LogP) is 14.8. The van der Waals surface area contributed by atoms with Crippen molar-refractivity contribution in [1.29, 1.82) is 0 Å². The Balaban J connectivity index is 0.00000468. The van der Waals surface area contributed by atoms with Crippen molar-refractivity contribution < 1.29 is 0 Å². The first-order valence-electron chi connectivity index (χ1n) is 23.4. The molecular weight excluding hydrogens is 810 g/mol. The van der Waals surface area contributed by atoms with E-state index in [0.29, 0.717) is 0 Å². The molecule has 315 valence electrons. The van der Waals surface area contributed by atoms with E-state index in [4.69, 9.17) is 15.0 Å². The normalized spacial score (nSPS) is 12.9. The van der Waals surface area contributed by atoms with E-state index < -0.39 is 0 Å². The molecule has 3 aliphatic rings. The monoisotopic (exact) mass is 854 g/mol. The highest BCUT2D eigenvalue weighted by atomic mass is 14.7. The van der Waals surface area contributed by atoms with Crippen LogP contribution in [-0.4, -0.2) is 23.4 Å². The molecule has 3 radical (unpaired) electrons. The van der Waals surface area contributed by atoms with Gasteiger partial charge >= 0.3 is 0 Å². The molecule has 0 unspecified atom stereocenters. The van der Waals surface area contributed by atoms with Crippen molar-refractivity contribution in [2.45, 2.75) is 38.5 Å². The van der Waals surface area contributed by atoms with Crippen LogP contribution in [0.5, 0.6) is 0 Å². The molecule has 3 aromatic heterocycles. The lowest BCUT2D eigenvalue weighted by atomic mass is 9.83. The van der Waals surface area contributed by atoms with Crippen LogP contribution in [-0.2, 0) is 38.5 Å². The SMILES string of the molecule is [B].c1cnc2c(c1)CCc1cc(-c3ccccc3-c3cc(-c4ccccc4-c4ccc5c(c4)CCc4cccnc4-5)cc(-c4ccccc4-c4ccc5c(c4)CCc4cccnc4-5)c3)ccc1-2. The molecule has 3 heterocycles. The zero-order valence-corrected chi connectivity index (χ0v) is 37.2. The molecule has 3 aliphatic carbocycles. The molecule has 0 saturated carbocycles. The number of hydrogen-bond donors (Lipinski definition) is 0. The van der Waals surface area contributed by atoms with Gasteiger partial charge in [-0.2, -0.15) is 0 Å². The standard InChI is InChI=1S/C63H45N3.B/c1-4-16-55(52(13-1)43-25-28-58-46(34-43)22-19-40-10-7-31-64-61(40)58)49-37-50(56-17-5-2-14-53(56)44-26-29-59-47(35-44)23-20-41-11-8-32-65-62(41)59)39-51(38-49)57-18-6-3-15-54(57)45-27-30-60-48(36-45)24-21-42-12-9-33-66-63(42)60;/h1-18,25-39H,19-24H2;. The first-order chi connectivity index (χ1) is 32.7. The van der Waals surface area contributed by atoms with E-state index in [-0.39, 0.29) is 8.41 Å². The average molecular weight is 855 g/mol. The Bertz CT molecular complexity index is 3180. The fourth-order valence-electron chi connectivity index (χ4n) is 11.1. The summed E-state index contributed by atoms with van der Waals surface area (Å²) >= 11 is 0. The molecule has 0 spiro atoms. The van der Waals surface area contributed by atoms with Gasteiger partial charge in [-0.3, -0.25) is 15.0 Å². The summed E-state index contributed by atoms with van der Waals surface area (Å²) in [7, 11) is 0. The summed E-state index contributed by atoms with van der Waals surface area (Å²) in [5, 5.41) is 0. The van der Waals surface area contributed by atoms with Gasteiger partial charge in [-0.05, 0) is 175 Å². The number of benzene rings is 7. The smallest absolute Gasteiger partial charge is 0.0736 e. The van der Waals surface area contributed by atoms with Crippen LogP contribution in [0.1, 0.15) is 33.4 Å². The van der Waals surface area contributed by atoms with Gasteiger partial charge in [-0.15, -0.1) is 0 Å². The minimum absolute atomic E-state index is 0. The molecule has 67 heavy (non-hydrogen) atoms. The molecule has 3 nitrogen and oxygen atoms in total. The Morgan fingerprint density at radius 1 is 0.224 bits per heavy atom. The van der Waals surface area contributed by atoms with E-state index in [2.05, 4.69) is 182 Å². The minimum atomic E-state index is 0. The van der Waals surface area contributed by atoms with Crippen LogP contribution in [0.25, 0.3) is 101 Å². The molecule has 0 saturated heterocycles. The zero-order chi connectivity index (χ0) is 43.6. The first-order valence-corrected chi connectivity index (χ1v) is 23.4. The Labute approximate surface area is 394 Å². The highest BCUT2D eigenvalue weighted by molar-refractivity contribution is 5.95. The third-order valence-corrected chi connectivity index (χ3v) is 14.3. The topological polar surface area (TPSA) is 38.7 Å². The molecule has 0 amide bonds. The van der Waals surface area contributed by atoms with Gasteiger partial charge in [0.15, 0.2) is 0 Å². The minimum Gasteiger partial charge on any atom is -0.256 e. The molecule has 13 rings (SSSR count). The summed E-state index contributed by atoms with van der Waals surface area (Å²) < 4.78 is 0. The molecule has 0 bridgehead atoms. The van der Waals surface area contributed by atoms with Crippen molar-refractivity contribution in [2.24, 2.45) is 0 Å². The van der Waals surface area contributed by atoms with E-state index in [0.717, 1.165) is 55.6 Å². The number of aryl methyl sites for hydroxylation is 6. The zero-order valence-electron chi connectivity index (χ0n) is 37.2. The van der Waals surface area contributed by atoms with E-state index in [1.54, 1.807) is 0 Å². The van der Waals surface area contributed by atoms with E-state index >= 15 is 0 Å². The van der Waals surface area contributed by atoms with Crippen LogP contribution >= 0.6 is 0 Å². The number of fused-ring (bicyclic) bond motifs is 9. The van der Waals surface area contributed by atoms with Crippen LogP contribution < -0.4 is 0 Å². The molecular formula is C63H45BN3. The quantitative estimate of drug-likeness (QED) is 0.156. The van der Waals surface area contributed by atoms with Crippen molar-refractivity contribution in [1.82, 2.24) is 15.0 Å². The largest absolute Gasteiger partial charge is 0.256 e. The van der Waals surface area contributed by atoms with Crippen LogP contribution in [0.4, 0.5) is 0 Å². The molecule has 0 N–H and O–H groups in total. The highest BCUT2D eigenvalue weighted by Crippen LogP contribution is 2.45. The third-order valence-electron chi connectivity index (χ3n) is 14.3. The van der Waals surface area contributed by atoms with Crippen LogP contribution in [0.15, 0.2) is 201 Å². The third kappa shape index (κ3) is 7.12. The molecule has 10 aromatic rings. The van der Waals surface area contributed by atoms with Gasteiger partial charge in [0.25, 0.3) is 0 Å². The molecule has 0 atom stereocenters. The lowest BCUT2D eigenvalue weighted by Crippen LogP contribution is -2.05. The van der Waals surface area contributed by atoms with Crippen molar-refractivity contribution in [3.8, 4) is 101 Å². The number of nitrogens with zero attached hydrogens (tertiary/aromatic N) is 3. The summed E-state index contributed by atoms with van der Waals surface area (Å²) in [6, 6.07) is 68.0. The summed E-state index contributed by atoms with van der Waals surface area (Å²) in [6.07, 6.45) is 11.8. The fourth-order valence-corrected chi connectivity index (χ4v) is 11.1. The predicted molar refractivity (Wildman–Crippen MR) is 277 cm³/mol. The Morgan fingerprint density at radius 3 is 0.791 bits per heavy atom. The van der Waals surface area contributed by atoms with Crippen LogP contribution in [0, 0.1) is 0 Å². The number of pyridine rings is 3. The van der Waals surface area contributed by atoms with Gasteiger partial charge in [0.2, 0.25) is 0 Å². The maximum atomic E-state index is 4.82. The van der Waals surface area contributed by atoms with Crippen molar-refractivity contribution in [3.05, 3.63) is 234 Å². The second-order valence-electron chi connectivity index (χ2n) is 18.1. The Morgan fingerprint density at radius 2 is 0.493 bits per heavy atom. The lowest BCUT2D eigenvalue weighted by molar-refractivity contribution is 0.928. The van der Waals surface area contributed by atoms with E-state index in [9.17, 15) is 0 Å². The Kier molecular flexibility index (Phi) is 10.2. The molecule has 7 aromatic carbocycles. The second kappa shape index (κ2) is 16.8. The van der Waals surface area contributed by atoms with Crippen molar-refractivity contribution >= 4 is 8.41 Å². The maximum Gasteiger partial charge on any atom is 0.0736 e. The number of hydrogen-bond acceptors (Lipinski definition) is 3. The fraction of sp³-hybridized carbons (Fsp3) is 0.0952. The summed E-state index contributed by atoms with van der Waals surface area (Å²) in [6.45, 7) is 0. The van der Waals surface area contributed by atoms with Crippen LogP contribution in [0.2, 0.25) is 0 Å². The van der Waals surface area contributed by atoms with E-state index in [1.165, 1.54) is 117 Å². The van der Waals surface area contributed by atoms with Gasteiger partial charge < -0.3 is 0 Å². The van der Waals surface area contributed by atoms with Crippen LogP contribution in [0.3, 0.4) is 0 Å². The summed E-state index contributed by atoms with van der Waals surface area (Å²) in [5.41, 5.74) is 29.8. The average Bonchev–Trinajstić information content (AvgIpc) is 3.40. The van der Waals surface area contributed by atoms with Gasteiger partial charge in [0.1, 0.15) is 0 Å². The highest BCUT2D eigenvalue weighted by Gasteiger charge is 2.23. The molecule has 4 heteroatoms. The van der Waals surface area contributed by atoms with Gasteiger partial charge in [0, 0.05) is 43.7 Å². The second-order valence-corrected chi connectivity index (χ2v) is 18.1.